The Morgan fingerprint density at radius 1 is 0.841 bits per heavy atom. The average Bonchev–Trinajstić information content (AvgIpc) is 3.72. The minimum absolute atomic E-state index is 0.0778. The van der Waals surface area contributed by atoms with Crippen LogP contribution in [-0.2, 0) is 28.4 Å². The van der Waals surface area contributed by atoms with Crippen LogP contribution in [-0.4, -0.2) is 24.5 Å². The van der Waals surface area contributed by atoms with Gasteiger partial charge in [-0.25, -0.2) is 4.39 Å². The number of benzene rings is 3. The standard InChI is InChI=1S/C33H32F7NO3/c1-16(2)19-7-8-24(26-13-25(17(3)4)27(34)14-28(26)42-6)21(9-19)15-41-18(5)29(43-31-30(41)44-31)20-10-22(32(35,36)37)12-23(11-20)33(38,39)40/h7-14,16-17,29-31H,5,15H2,1-4,6H3. The van der Waals surface area contributed by atoms with Crippen LogP contribution in [0.5, 0.6) is 5.75 Å². The van der Waals surface area contributed by atoms with E-state index in [0.29, 0.717) is 29.0 Å². The quantitative estimate of drug-likeness (QED) is 0.194. The van der Waals surface area contributed by atoms with Crippen LogP contribution in [0.15, 0.2) is 60.8 Å². The molecule has 44 heavy (non-hydrogen) atoms. The predicted molar refractivity (Wildman–Crippen MR) is 150 cm³/mol. The van der Waals surface area contributed by atoms with Gasteiger partial charge in [0.05, 0.1) is 18.2 Å². The maximum absolute atomic E-state index is 14.9. The highest BCUT2D eigenvalue weighted by atomic mass is 19.4. The molecule has 3 atom stereocenters. The second kappa shape index (κ2) is 11.4. The molecule has 0 saturated carbocycles. The van der Waals surface area contributed by atoms with Crippen LogP contribution >= 0.6 is 0 Å². The molecule has 2 saturated heterocycles. The summed E-state index contributed by atoms with van der Waals surface area (Å²) in [6.07, 6.45) is -12.9. The highest BCUT2D eigenvalue weighted by molar-refractivity contribution is 5.75. The average molecular weight is 624 g/mol. The van der Waals surface area contributed by atoms with Crippen LogP contribution in [0.4, 0.5) is 30.7 Å². The molecule has 0 amide bonds. The summed E-state index contributed by atoms with van der Waals surface area (Å²) in [5, 5.41) is 0. The molecule has 0 spiro atoms. The Kier molecular flexibility index (Phi) is 8.26. The molecule has 0 aliphatic carbocycles. The van der Waals surface area contributed by atoms with Crippen LogP contribution < -0.4 is 4.74 Å². The largest absolute Gasteiger partial charge is 0.496 e. The molecule has 3 unspecified atom stereocenters. The Morgan fingerprint density at radius 2 is 1.48 bits per heavy atom. The smallest absolute Gasteiger partial charge is 0.416 e. The molecule has 5 rings (SSSR count). The van der Waals surface area contributed by atoms with Crippen LogP contribution in [0.2, 0.25) is 0 Å². The van der Waals surface area contributed by atoms with Crippen molar-refractivity contribution in [1.82, 2.24) is 4.90 Å². The summed E-state index contributed by atoms with van der Waals surface area (Å²) in [5.41, 5.74) is 0.517. The van der Waals surface area contributed by atoms with E-state index < -0.39 is 47.9 Å². The van der Waals surface area contributed by atoms with Crippen molar-refractivity contribution in [2.24, 2.45) is 0 Å². The van der Waals surface area contributed by atoms with Crippen molar-refractivity contribution < 1.29 is 44.9 Å². The van der Waals surface area contributed by atoms with Crippen molar-refractivity contribution >= 4 is 0 Å². The van der Waals surface area contributed by atoms with Crippen LogP contribution in [0.3, 0.4) is 0 Å². The van der Waals surface area contributed by atoms with Gasteiger partial charge in [-0.3, -0.25) is 0 Å². The monoisotopic (exact) mass is 623 g/mol. The third-order valence-electron chi connectivity index (χ3n) is 7.96. The number of halogens is 7. The summed E-state index contributed by atoms with van der Waals surface area (Å²) in [5.74, 6) is -0.0692. The number of epoxide rings is 1. The van der Waals surface area contributed by atoms with Gasteiger partial charge in [-0.15, -0.1) is 0 Å². The van der Waals surface area contributed by atoms with E-state index in [1.54, 1.807) is 11.0 Å². The van der Waals surface area contributed by atoms with Gasteiger partial charge in [-0.2, -0.15) is 26.3 Å². The summed E-state index contributed by atoms with van der Waals surface area (Å²) in [4.78, 5) is 1.69. The summed E-state index contributed by atoms with van der Waals surface area (Å²) < 4.78 is 114. The second-order valence-electron chi connectivity index (χ2n) is 11.7. The second-order valence-corrected chi connectivity index (χ2v) is 11.7. The van der Waals surface area contributed by atoms with E-state index in [0.717, 1.165) is 16.7 Å². The van der Waals surface area contributed by atoms with Crippen molar-refractivity contribution in [3.05, 3.63) is 100 Å². The number of ether oxygens (including phenoxy) is 3. The summed E-state index contributed by atoms with van der Waals surface area (Å²) in [6, 6.07) is 10.3. The van der Waals surface area contributed by atoms with Crippen LogP contribution in [0.25, 0.3) is 11.1 Å². The number of fused-ring (bicyclic) bond motifs is 1. The number of nitrogens with zero attached hydrogens (tertiary/aromatic N) is 1. The Bertz CT molecular complexity index is 1550. The molecule has 2 fully saturated rings. The first kappa shape index (κ1) is 31.8. The van der Waals surface area contributed by atoms with Crippen molar-refractivity contribution in [3.63, 3.8) is 0 Å². The van der Waals surface area contributed by atoms with Gasteiger partial charge in [0.2, 0.25) is 6.29 Å². The lowest BCUT2D eigenvalue weighted by atomic mass is 9.90. The van der Waals surface area contributed by atoms with E-state index >= 15 is 0 Å². The molecule has 2 aliphatic rings. The molecular formula is C33H32F7NO3. The minimum Gasteiger partial charge on any atom is -0.496 e. The molecule has 4 nitrogen and oxygen atoms in total. The number of morpholine rings is 1. The number of hydrogen-bond acceptors (Lipinski definition) is 4. The van der Waals surface area contributed by atoms with Gasteiger partial charge in [-0.1, -0.05) is 52.5 Å². The zero-order valence-electron chi connectivity index (χ0n) is 24.7. The lowest BCUT2D eigenvalue weighted by Crippen LogP contribution is -2.36. The highest BCUT2D eigenvalue weighted by Gasteiger charge is 2.53. The summed E-state index contributed by atoms with van der Waals surface area (Å²) >= 11 is 0. The number of hydrogen-bond donors (Lipinski definition) is 0. The molecule has 3 aromatic rings. The van der Waals surface area contributed by atoms with Crippen LogP contribution in [0.1, 0.15) is 79.0 Å². The van der Waals surface area contributed by atoms with Gasteiger partial charge in [0, 0.05) is 23.9 Å². The topological polar surface area (TPSA) is 34.2 Å². The normalized spacial score (nSPS) is 20.4. The minimum atomic E-state index is -5.01. The van der Waals surface area contributed by atoms with Crippen LogP contribution in [0, 0.1) is 5.82 Å². The Labute approximate surface area is 251 Å². The molecule has 0 N–H and O–H groups in total. The third-order valence-corrected chi connectivity index (χ3v) is 7.96. The molecule has 2 aliphatic heterocycles. The van der Waals surface area contributed by atoms with E-state index in [9.17, 15) is 30.7 Å². The Balaban J connectivity index is 1.58. The molecule has 0 radical (unpaired) electrons. The molecule has 2 heterocycles. The maximum Gasteiger partial charge on any atom is 0.416 e. The van der Waals surface area contributed by atoms with E-state index in [1.807, 2.05) is 45.9 Å². The highest BCUT2D eigenvalue weighted by Crippen LogP contribution is 2.48. The van der Waals surface area contributed by atoms with Crippen molar-refractivity contribution in [2.75, 3.05) is 7.11 Å². The van der Waals surface area contributed by atoms with Crippen molar-refractivity contribution in [3.8, 4) is 16.9 Å². The third kappa shape index (κ3) is 6.17. The van der Waals surface area contributed by atoms with Gasteiger partial charge in [0.1, 0.15) is 17.7 Å². The van der Waals surface area contributed by atoms with Crippen molar-refractivity contribution in [1.29, 1.82) is 0 Å². The first-order valence-electron chi connectivity index (χ1n) is 14.1. The van der Waals surface area contributed by atoms with Gasteiger partial charge in [0.15, 0.2) is 6.23 Å². The first-order chi connectivity index (χ1) is 20.5. The summed E-state index contributed by atoms with van der Waals surface area (Å²) in [7, 11) is 1.44. The predicted octanol–water partition coefficient (Wildman–Crippen LogP) is 9.56. The Morgan fingerprint density at radius 3 is 2.02 bits per heavy atom. The molecular weight excluding hydrogens is 591 g/mol. The fourth-order valence-electron chi connectivity index (χ4n) is 5.47. The van der Waals surface area contributed by atoms with Gasteiger partial charge < -0.3 is 19.1 Å². The maximum atomic E-state index is 14.9. The Hall–Kier alpha value is -3.57. The van der Waals surface area contributed by atoms with Gasteiger partial charge in [-0.05, 0) is 63.9 Å². The zero-order valence-corrected chi connectivity index (χ0v) is 24.7. The summed E-state index contributed by atoms with van der Waals surface area (Å²) in [6.45, 7) is 12.0. The van der Waals surface area contributed by atoms with Gasteiger partial charge in [0.25, 0.3) is 0 Å². The molecule has 11 heteroatoms. The van der Waals surface area contributed by atoms with E-state index in [1.165, 1.54) is 13.2 Å². The SMILES string of the molecule is C=C1C(c2cc(C(F)(F)F)cc(C(F)(F)F)c2)OC2OC2N1Cc1cc(C(C)C)ccc1-c1cc(C(C)C)c(F)cc1OC. The molecule has 0 aromatic heterocycles. The fourth-order valence-corrected chi connectivity index (χ4v) is 5.47. The number of rotatable bonds is 7. The molecule has 236 valence electrons. The van der Waals surface area contributed by atoms with E-state index in [-0.39, 0.29) is 35.7 Å². The zero-order chi connectivity index (χ0) is 32.3. The first-order valence-corrected chi connectivity index (χ1v) is 14.1. The van der Waals surface area contributed by atoms with E-state index in [4.69, 9.17) is 14.2 Å². The lowest BCUT2D eigenvalue weighted by Gasteiger charge is -2.35. The molecule has 3 aromatic carbocycles. The van der Waals surface area contributed by atoms with Crippen molar-refractivity contribution in [2.45, 2.75) is 77.1 Å². The number of alkyl halides is 6. The van der Waals surface area contributed by atoms with Gasteiger partial charge >= 0.3 is 12.4 Å². The lowest BCUT2D eigenvalue weighted by molar-refractivity contribution is -0.143. The molecule has 0 bridgehead atoms. The number of methoxy groups -OCH3 is 1. The van der Waals surface area contributed by atoms with E-state index in [2.05, 4.69) is 6.58 Å². The fraction of sp³-hybridized carbons (Fsp3) is 0.394.